The summed E-state index contributed by atoms with van der Waals surface area (Å²) in [5, 5.41) is 20.4. The zero-order chi connectivity index (χ0) is 9.14. The Kier molecular flexibility index (Phi) is 4.41. The van der Waals surface area contributed by atoms with Crippen LogP contribution >= 0.6 is 0 Å². The molecule has 0 heterocycles. The molecule has 0 aromatic heterocycles. The minimum absolute atomic E-state index is 0. The van der Waals surface area contributed by atoms with Gasteiger partial charge in [0.15, 0.2) is 0 Å². The van der Waals surface area contributed by atoms with Crippen molar-refractivity contribution in [3.05, 3.63) is 35.4 Å². The van der Waals surface area contributed by atoms with Crippen LogP contribution in [0.1, 0.15) is 20.7 Å². The summed E-state index contributed by atoms with van der Waals surface area (Å²) in [6, 6.07) is 4.61. The molecule has 0 spiro atoms. The Balaban J connectivity index is 0.00000144. The predicted octanol–water partition coefficient (Wildman–Crippen LogP) is -1.59. The number of carboxylic acid groups (broad SMARTS) is 2. The van der Waals surface area contributed by atoms with Crippen molar-refractivity contribution in [2.75, 3.05) is 0 Å². The van der Waals surface area contributed by atoms with Gasteiger partial charge in [0.2, 0.25) is 0 Å². The topological polar surface area (TPSA) is 80.3 Å². The summed E-state index contributed by atoms with van der Waals surface area (Å²) in [6.45, 7) is 0. The van der Waals surface area contributed by atoms with Crippen LogP contribution in [0, 0.1) is 0 Å². The number of carbonyl (C=O) groups excluding carboxylic acids is 2. The number of benzene rings is 1. The van der Waals surface area contributed by atoms with Crippen molar-refractivity contribution in [3.63, 3.8) is 0 Å². The number of carboxylic acids is 2. The van der Waals surface area contributed by atoms with Crippen molar-refractivity contribution >= 4 is 11.9 Å². The Hall–Kier alpha value is -1.10. The molecule has 13 heavy (non-hydrogen) atoms. The molecular weight excluding hydrogens is 268 g/mol. The molecule has 1 aromatic carbocycles. The third-order valence-corrected chi connectivity index (χ3v) is 1.36. The normalized spacial score (nSPS) is 8.62. The SMILES string of the molecule is O=C([O-])c1ccc(C(=O)[O-])cc1.[Ag]. The average Bonchev–Trinajstić information content (AvgIpc) is 2.04. The summed E-state index contributed by atoms with van der Waals surface area (Å²) in [5.41, 5.74) is -0.111. The Morgan fingerprint density at radius 3 is 1.23 bits per heavy atom. The molecule has 0 aliphatic carbocycles. The van der Waals surface area contributed by atoms with E-state index >= 15 is 0 Å². The van der Waals surface area contributed by atoms with E-state index in [1.165, 1.54) is 0 Å². The summed E-state index contributed by atoms with van der Waals surface area (Å²) in [7, 11) is 0. The molecule has 0 amide bonds. The zero-order valence-electron chi connectivity index (χ0n) is 6.24. The molecule has 0 bridgehead atoms. The maximum Gasteiger partial charge on any atom is 0.0715 e. The van der Waals surface area contributed by atoms with Crippen LogP contribution in [-0.2, 0) is 22.4 Å². The Morgan fingerprint density at radius 1 is 0.846 bits per heavy atom. The van der Waals surface area contributed by atoms with Crippen LogP contribution in [0.2, 0.25) is 0 Å². The summed E-state index contributed by atoms with van der Waals surface area (Å²) in [6.07, 6.45) is 0. The zero-order valence-corrected chi connectivity index (χ0v) is 7.73. The largest absolute Gasteiger partial charge is 0.545 e. The van der Waals surface area contributed by atoms with E-state index < -0.39 is 11.9 Å². The molecule has 0 unspecified atom stereocenters. The average molecular weight is 272 g/mol. The Labute approximate surface area is 89.7 Å². The van der Waals surface area contributed by atoms with Gasteiger partial charge in [-0.3, -0.25) is 0 Å². The first kappa shape index (κ1) is 11.9. The van der Waals surface area contributed by atoms with E-state index in [1.54, 1.807) is 0 Å². The molecule has 4 nitrogen and oxygen atoms in total. The van der Waals surface area contributed by atoms with Gasteiger partial charge in [-0.05, 0) is 11.1 Å². The number of rotatable bonds is 2. The van der Waals surface area contributed by atoms with Crippen LogP contribution in [0.15, 0.2) is 24.3 Å². The number of aromatic carboxylic acids is 2. The standard InChI is InChI=1S/C8H6O4.Ag/c9-7(10)5-1-2-6(4-3-5)8(11)12;/h1-4H,(H,9,10)(H,11,12);/p-2. The summed E-state index contributed by atoms with van der Waals surface area (Å²) in [5.74, 6) is -2.67. The van der Waals surface area contributed by atoms with E-state index in [4.69, 9.17) is 0 Å². The Morgan fingerprint density at radius 2 is 1.08 bits per heavy atom. The number of hydrogen-bond acceptors (Lipinski definition) is 4. The van der Waals surface area contributed by atoms with Crippen molar-refractivity contribution in [1.82, 2.24) is 0 Å². The van der Waals surface area contributed by atoms with Gasteiger partial charge in [0.05, 0.1) is 11.9 Å². The molecule has 1 aromatic rings. The summed E-state index contributed by atoms with van der Waals surface area (Å²) >= 11 is 0. The second kappa shape index (κ2) is 4.81. The molecule has 0 N–H and O–H groups in total. The van der Waals surface area contributed by atoms with Crippen LogP contribution < -0.4 is 10.2 Å². The van der Waals surface area contributed by atoms with Gasteiger partial charge >= 0.3 is 0 Å². The third-order valence-electron chi connectivity index (χ3n) is 1.36. The quantitative estimate of drug-likeness (QED) is 0.608. The molecule has 1 radical (unpaired) electrons. The molecule has 0 aliphatic heterocycles. The van der Waals surface area contributed by atoms with Gasteiger partial charge in [0, 0.05) is 22.4 Å². The second-order valence-corrected chi connectivity index (χ2v) is 2.15. The van der Waals surface area contributed by atoms with E-state index in [9.17, 15) is 19.8 Å². The first-order valence-corrected chi connectivity index (χ1v) is 3.14. The van der Waals surface area contributed by atoms with E-state index in [0.29, 0.717) is 0 Å². The van der Waals surface area contributed by atoms with Crippen molar-refractivity contribution in [2.24, 2.45) is 0 Å². The minimum atomic E-state index is -1.33. The van der Waals surface area contributed by atoms with Crippen molar-refractivity contribution < 1.29 is 42.2 Å². The van der Waals surface area contributed by atoms with Crippen LogP contribution in [0.3, 0.4) is 0 Å². The fourth-order valence-corrected chi connectivity index (χ4v) is 0.742. The smallest absolute Gasteiger partial charge is 0.0715 e. The molecular formula is C8H4AgO4-2. The van der Waals surface area contributed by atoms with E-state index in [-0.39, 0.29) is 33.5 Å². The van der Waals surface area contributed by atoms with E-state index in [1.807, 2.05) is 0 Å². The van der Waals surface area contributed by atoms with Crippen molar-refractivity contribution in [1.29, 1.82) is 0 Å². The van der Waals surface area contributed by atoms with Gasteiger partial charge in [-0.25, -0.2) is 0 Å². The molecule has 0 saturated heterocycles. The first-order valence-electron chi connectivity index (χ1n) is 3.14. The van der Waals surface area contributed by atoms with Crippen LogP contribution in [0.25, 0.3) is 0 Å². The van der Waals surface area contributed by atoms with Crippen LogP contribution in [0.4, 0.5) is 0 Å². The maximum absolute atomic E-state index is 10.2. The van der Waals surface area contributed by atoms with Gasteiger partial charge in [0.1, 0.15) is 0 Å². The summed E-state index contributed by atoms with van der Waals surface area (Å²) < 4.78 is 0. The number of carbonyl (C=O) groups is 2. The monoisotopic (exact) mass is 271 g/mol. The van der Waals surface area contributed by atoms with E-state index in [0.717, 1.165) is 24.3 Å². The van der Waals surface area contributed by atoms with Crippen molar-refractivity contribution in [2.45, 2.75) is 0 Å². The number of hydrogen-bond donors (Lipinski definition) is 0. The second-order valence-electron chi connectivity index (χ2n) is 2.15. The first-order chi connectivity index (χ1) is 5.61. The molecule has 0 saturated carbocycles. The maximum atomic E-state index is 10.2. The Bertz CT molecular complexity index is 284. The molecule has 0 fully saturated rings. The fraction of sp³-hybridized carbons (Fsp3) is 0. The van der Waals surface area contributed by atoms with E-state index in [2.05, 4.69) is 0 Å². The molecule has 0 atom stereocenters. The molecule has 73 valence electrons. The summed E-state index contributed by atoms with van der Waals surface area (Å²) in [4.78, 5) is 20.4. The van der Waals surface area contributed by atoms with Gasteiger partial charge in [-0.15, -0.1) is 0 Å². The predicted molar refractivity (Wildman–Crippen MR) is 35.1 cm³/mol. The van der Waals surface area contributed by atoms with Gasteiger partial charge in [0.25, 0.3) is 0 Å². The fourth-order valence-electron chi connectivity index (χ4n) is 0.742. The van der Waals surface area contributed by atoms with Gasteiger partial charge < -0.3 is 19.8 Å². The third kappa shape index (κ3) is 3.02. The molecule has 5 heteroatoms. The van der Waals surface area contributed by atoms with Gasteiger partial charge in [-0.2, -0.15) is 0 Å². The minimum Gasteiger partial charge on any atom is -0.545 e. The van der Waals surface area contributed by atoms with Crippen LogP contribution in [-0.4, -0.2) is 11.9 Å². The van der Waals surface area contributed by atoms with Gasteiger partial charge in [-0.1, -0.05) is 24.3 Å². The van der Waals surface area contributed by atoms with Crippen molar-refractivity contribution in [3.8, 4) is 0 Å². The molecule has 1 rings (SSSR count). The molecule has 0 aliphatic rings. The van der Waals surface area contributed by atoms with Crippen LogP contribution in [0.5, 0.6) is 0 Å².